The second-order valence-corrected chi connectivity index (χ2v) is 5.97. The molecule has 3 heteroatoms. The van der Waals surface area contributed by atoms with Gasteiger partial charge in [0.1, 0.15) is 5.82 Å². The molecule has 1 aliphatic rings. The molecule has 0 radical (unpaired) electrons. The summed E-state index contributed by atoms with van der Waals surface area (Å²) in [4.78, 5) is 19.0. The summed E-state index contributed by atoms with van der Waals surface area (Å²) in [6, 6.07) is 1.62. The molecule has 1 aromatic rings. The van der Waals surface area contributed by atoms with Gasteiger partial charge in [0.2, 0.25) is 0 Å². The summed E-state index contributed by atoms with van der Waals surface area (Å²) < 4.78 is 0. The molecular weight excluding hydrogens is 200 g/mol. The zero-order valence-corrected chi connectivity index (χ0v) is 10.5. The molecule has 1 aliphatic carbocycles. The fraction of sp³-hybridized carbons (Fsp3) is 0.692. The predicted octanol–water partition coefficient (Wildman–Crippen LogP) is 2.48. The first kappa shape index (κ1) is 11.4. The second-order valence-electron chi connectivity index (χ2n) is 5.97. The first-order valence-electron chi connectivity index (χ1n) is 5.98. The van der Waals surface area contributed by atoms with Crippen molar-refractivity contribution in [2.45, 2.75) is 46.5 Å². The van der Waals surface area contributed by atoms with Gasteiger partial charge >= 0.3 is 0 Å². The van der Waals surface area contributed by atoms with Gasteiger partial charge in [0, 0.05) is 17.7 Å². The van der Waals surface area contributed by atoms with Crippen LogP contribution in [0.3, 0.4) is 0 Å². The quantitative estimate of drug-likeness (QED) is 0.850. The van der Waals surface area contributed by atoms with Gasteiger partial charge in [-0.25, -0.2) is 4.98 Å². The highest BCUT2D eigenvalue weighted by Crippen LogP contribution is 2.57. The summed E-state index contributed by atoms with van der Waals surface area (Å²) in [5.41, 5.74) is 1.23. The fourth-order valence-corrected chi connectivity index (χ4v) is 2.15. The Hall–Kier alpha value is -1.12. The second kappa shape index (κ2) is 3.72. The summed E-state index contributed by atoms with van der Waals surface area (Å²) in [7, 11) is 0. The van der Waals surface area contributed by atoms with E-state index in [1.807, 2.05) is 0 Å². The molecule has 16 heavy (non-hydrogen) atoms. The molecule has 1 atom stereocenters. The zero-order chi connectivity index (χ0) is 11.9. The van der Waals surface area contributed by atoms with E-state index >= 15 is 0 Å². The summed E-state index contributed by atoms with van der Waals surface area (Å²) in [5.74, 6) is 1.86. The van der Waals surface area contributed by atoms with Crippen molar-refractivity contribution in [1.82, 2.24) is 9.97 Å². The van der Waals surface area contributed by atoms with Gasteiger partial charge in [0.25, 0.3) is 5.56 Å². The lowest BCUT2D eigenvalue weighted by atomic mass is 10.1. The highest BCUT2D eigenvalue weighted by atomic mass is 16.1. The molecule has 1 unspecified atom stereocenters. The fourth-order valence-electron chi connectivity index (χ4n) is 2.15. The van der Waals surface area contributed by atoms with Gasteiger partial charge in [-0.2, -0.15) is 0 Å². The summed E-state index contributed by atoms with van der Waals surface area (Å²) >= 11 is 0. The number of aromatic nitrogens is 2. The lowest BCUT2D eigenvalue weighted by Gasteiger charge is -2.07. The Balaban J connectivity index is 2.27. The van der Waals surface area contributed by atoms with E-state index in [9.17, 15) is 4.79 Å². The molecule has 2 rings (SSSR count). The van der Waals surface area contributed by atoms with Crippen LogP contribution in [0, 0.1) is 11.3 Å². The normalized spacial score (nSPS) is 22.4. The third kappa shape index (κ3) is 2.34. The summed E-state index contributed by atoms with van der Waals surface area (Å²) in [5, 5.41) is 0. The number of H-pyrrole nitrogens is 1. The zero-order valence-electron chi connectivity index (χ0n) is 10.5. The van der Waals surface area contributed by atoms with E-state index in [1.165, 1.54) is 0 Å². The Morgan fingerprint density at radius 3 is 2.69 bits per heavy atom. The van der Waals surface area contributed by atoms with Gasteiger partial charge in [-0.1, -0.05) is 27.7 Å². The summed E-state index contributed by atoms with van der Waals surface area (Å²) in [6.07, 6.45) is 2.01. The maximum absolute atomic E-state index is 11.5. The molecule has 0 saturated heterocycles. The van der Waals surface area contributed by atoms with E-state index in [0.717, 1.165) is 24.4 Å². The Morgan fingerprint density at radius 1 is 1.56 bits per heavy atom. The van der Waals surface area contributed by atoms with Crippen molar-refractivity contribution in [1.29, 1.82) is 0 Å². The number of hydrogen-bond donors (Lipinski definition) is 1. The minimum absolute atomic E-state index is 0.0108. The number of nitrogens with one attached hydrogen (secondary N) is 1. The van der Waals surface area contributed by atoms with Crippen LogP contribution in [0.15, 0.2) is 10.9 Å². The van der Waals surface area contributed by atoms with Gasteiger partial charge in [-0.15, -0.1) is 0 Å². The van der Waals surface area contributed by atoms with Crippen LogP contribution in [0.5, 0.6) is 0 Å². The molecule has 0 aliphatic heterocycles. The number of nitrogens with zero attached hydrogens (tertiary/aromatic N) is 1. The maximum atomic E-state index is 11.5. The van der Waals surface area contributed by atoms with Crippen LogP contribution in [0.2, 0.25) is 0 Å². The van der Waals surface area contributed by atoms with E-state index in [4.69, 9.17) is 0 Å². The maximum Gasteiger partial charge on any atom is 0.251 e. The van der Waals surface area contributed by atoms with Crippen molar-refractivity contribution in [2.24, 2.45) is 11.3 Å². The third-order valence-electron chi connectivity index (χ3n) is 3.27. The van der Waals surface area contributed by atoms with Crippen molar-refractivity contribution >= 4 is 0 Å². The summed E-state index contributed by atoms with van der Waals surface area (Å²) in [6.45, 7) is 8.72. The molecule has 0 bridgehead atoms. The number of hydrogen-bond acceptors (Lipinski definition) is 2. The van der Waals surface area contributed by atoms with Crippen LogP contribution in [-0.4, -0.2) is 9.97 Å². The van der Waals surface area contributed by atoms with Gasteiger partial charge in [0.15, 0.2) is 0 Å². The van der Waals surface area contributed by atoms with Crippen molar-refractivity contribution in [3.05, 3.63) is 27.9 Å². The van der Waals surface area contributed by atoms with Crippen LogP contribution in [-0.2, 0) is 6.42 Å². The van der Waals surface area contributed by atoms with Crippen molar-refractivity contribution in [3.8, 4) is 0 Å². The van der Waals surface area contributed by atoms with Crippen molar-refractivity contribution < 1.29 is 0 Å². The SMILES string of the molecule is CC(C)Cc1cc(=O)[nH]c(C2CC2(C)C)n1. The lowest BCUT2D eigenvalue weighted by Crippen LogP contribution is -2.14. The topological polar surface area (TPSA) is 45.8 Å². The van der Waals surface area contributed by atoms with E-state index < -0.39 is 0 Å². The number of rotatable bonds is 3. The Morgan fingerprint density at radius 2 is 2.19 bits per heavy atom. The molecule has 1 aromatic heterocycles. The molecule has 1 fully saturated rings. The average molecular weight is 220 g/mol. The predicted molar refractivity (Wildman–Crippen MR) is 64.5 cm³/mol. The molecule has 1 heterocycles. The minimum Gasteiger partial charge on any atom is -0.310 e. The van der Waals surface area contributed by atoms with E-state index in [2.05, 4.69) is 37.7 Å². The van der Waals surface area contributed by atoms with Crippen LogP contribution >= 0.6 is 0 Å². The molecular formula is C13H20N2O. The Kier molecular flexibility index (Phi) is 2.64. The van der Waals surface area contributed by atoms with E-state index in [0.29, 0.717) is 17.3 Å². The first-order chi connectivity index (χ1) is 7.38. The van der Waals surface area contributed by atoms with Gasteiger partial charge in [-0.3, -0.25) is 4.79 Å². The molecule has 0 spiro atoms. The highest BCUT2D eigenvalue weighted by Gasteiger charge is 2.48. The minimum atomic E-state index is -0.0108. The molecule has 88 valence electrons. The molecule has 3 nitrogen and oxygen atoms in total. The smallest absolute Gasteiger partial charge is 0.251 e. The molecule has 1 N–H and O–H groups in total. The van der Waals surface area contributed by atoms with E-state index in [1.54, 1.807) is 6.07 Å². The largest absolute Gasteiger partial charge is 0.310 e. The molecule has 1 saturated carbocycles. The van der Waals surface area contributed by atoms with Gasteiger partial charge in [0.05, 0.1) is 0 Å². The van der Waals surface area contributed by atoms with Crippen LogP contribution in [0.25, 0.3) is 0 Å². The van der Waals surface area contributed by atoms with Gasteiger partial charge in [-0.05, 0) is 24.2 Å². The molecule has 0 amide bonds. The van der Waals surface area contributed by atoms with Crippen molar-refractivity contribution in [3.63, 3.8) is 0 Å². The third-order valence-corrected chi connectivity index (χ3v) is 3.27. The first-order valence-corrected chi connectivity index (χ1v) is 5.98. The van der Waals surface area contributed by atoms with Crippen LogP contribution in [0.4, 0.5) is 0 Å². The standard InChI is InChI=1S/C13H20N2O/c1-8(2)5-9-6-11(16)15-12(14-9)10-7-13(10,3)4/h6,8,10H,5,7H2,1-4H3,(H,14,15,16). The highest BCUT2D eigenvalue weighted by molar-refractivity contribution is 5.17. The number of aromatic amines is 1. The van der Waals surface area contributed by atoms with E-state index in [-0.39, 0.29) is 5.56 Å². The molecule has 0 aromatic carbocycles. The van der Waals surface area contributed by atoms with Crippen molar-refractivity contribution in [2.75, 3.05) is 0 Å². The monoisotopic (exact) mass is 220 g/mol. The Bertz CT molecular complexity index is 445. The van der Waals surface area contributed by atoms with Gasteiger partial charge < -0.3 is 4.98 Å². The lowest BCUT2D eigenvalue weighted by molar-refractivity contribution is 0.596. The Labute approximate surface area is 96.3 Å². The average Bonchev–Trinajstić information content (AvgIpc) is 2.72. The van der Waals surface area contributed by atoms with Crippen LogP contribution in [0.1, 0.15) is 51.6 Å². The van der Waals surface area contributed by atoms with Crippen LogP contribution < -0.4 is 5.56 Å².